The minimum absolute atomic E-state index is 0.0371. The molecule has 3 nitrogen and oxygen atoms in total. The standard InChI is InChI=1S/C13H19FN2OS/c1-8(2)9(3)16-13(17)7-18-12-5-4-10(14)6-11(12)15/h4-6,8-9H,7,15H2,1-3H3,(H,16,17). The summed E-state index contributed by atoms with van der Waals surface area (Å²) >= 11 is 1.31. The third-order valence-corrected chi connectivity index (χ3v) is 3.81. The van der Waals surface area contributed by atoms with E-state index in [0.717, 1.165) is 4.90 Å². The number of benzene rings is 1. The maximum atomic E-state index is 12.8. The van der Waals surface area contributed by atoms with Gasteiger partial charge in [-0.05, 0) is 31.0 Å². The maximum Gasteiger partial charge on any atom is 0.230 e. The van der Waals surface area contributed by atoms with Crippen molar-refractivity contribution in [3.8, 4) is 0 Å². The minimum atomic E-state index is -0.366. The monoisotopic (exact) mass is 270 g/mol. The maximum absolute atomic E-state index is 12.8. The van der Waals surface area contributed by atoms with Crippen molar-refractivity contribution in [3.63, 3.8) is 0 Å². The van der Waals surface area contributed by atoms with Gasteiger partial charge in [0, 0.05) is 16.6 Å². The van der Waals surface area contributed by atoms with Gasteiger partial charge in [0.2, 0.25) is 5.91 Å². The number of carbonyl (C=O) groups excluding carboxylic acids is 1. The molecule has 0 aliphatic rings. The number of nitrogen functional groups attached to an aromatic ring is 1. The Hall–Kier alpha value is -1.23. The zero-order chi connectivity index (χ0) is 13.7. The number of hydrogen-bond donors (Lipinski definition) is 2. The van der Waals surface area contributed by atoms with Crippen molar-refractivity contribution in [1.29, 1.82) is 0 Å². The van der Waals surface area contributed by atoms with Crippen LogP contribution in [0.15, 0.2) is 23.1 Å². The van der Waals surface area contributed by atoms with E-state index in [1.54, 1.807) is 6.07 Å². The smallest absolute Gasteiger partial charge is 0.230 e. The van der Waals surface area contributed by atoms with Crippen LogP contribution in [0.25, 0.3) is 0 Å². The number of nitrogens with two attached hydrogens (primary N) is 1. The van der Waals surface area contributed by atoms with E-state index in [1.807, 2.05) is 6.92 Å². The summed E-state index contributed by atoms with van der Waals surface area (Å²) in [5, 5.41) is 2.91. The largest absolute Gasteiger partial charge is 0.398 e. The SMILES string of the molecule is CC(C)C(C)NC(=O)CSc1ccc(F)cc1N. The number of thioether (sulfide) groups is 1. The topological polar surface area (TPSA) is 55.1 Å². The van der Waals surface area contributed by atoms with E-state index in [2.05, 4.69) is 19.2 Å². The number of nitrogens with one attached hydrogen (secondary N) is 1. The van der Waals surface area contributed by atoms with Gasteiger partial charge in [-0.15, -0.1) is 11.8 Å². The first-order valence-corrected chi connectivity index (χ1v) is 6.86. The molecule has 0 fully saturated rings. The molecule has 100 valence electrons. The lowest BCUT2D eigenvalue weighted by molar-refractivity contribution is -0.119. The van der Waals surface area contributed by atoms with Crippen molar-refractivity contribution < 1.29 is 9.18 Å². The second kappa shape index (κ2) is 6.64. The molecule has 0 radical (unpaired) electrons. The van der Waals surface area contributed by atoms with Gasteiger partial charge in [0.15, 0.2) is 0 Å². The molecule has 0 bridgehead atoms. The second-order valence-electron chi connectivity index (χ2n) is 4.57. The quantitative estimate of drug-likeness (QED) is 0.639. The Morgan fingerprint density at radius 2 is 2.11 bits per heavy atom. The van der Waals surface area contributed by atoms with Crippen LogP contribution < -0.4 is 11.1 Å². The van der Waals surface area contributed by atoms with E-state index < -0.39 is 0 Å². The Morgan fingerprint density at radius 1 is 1.44 bits per heavy atom. The number of amides is 1. The zero-order valence-corrected chi connectivity index (χ0v) is 11.7. The number of carbonyl (C=O) groups is 1. The van der Waals surface area contributed by atoms with Crippen molar-refractivity contribution in [2.45, 2.75) is 31.7 Å². The number of anilines is 1. The van der Waals surface area contributed by atoms with Crippen molar-refractivity contribution in [2.75, 3.05) is 11.5 Å². The van der Waals surface area contributed by atoms with Gasteiger partial charge in [-0.25, -0.2) is 4.39 Å². The Balaban J connectivity index is 2.47. The molecule has 1 rings (SSSR count). The third-order valence-electron chi connectivity index (χ3n) is 2.72. The molecule has 1 atom stereocenters. The van der Waals surface area contributed by atoms with Crippen LogP contribution in [-0.2, 0) is 4.79 Å². The predicted octanol–water partition coefficient (Wildman–Crippen LogP) is 2.66. The summed E-state index contributed by atoms with van der Waals surface area (Å²) in [6.07, 6.45) is 0. The molecule has 18 heavy (non-hydrogen) atoms. The molecule has 0 aliphatic carbocycles. The van der Waals surface area contributed by atoms with Gasteiger partial charge in [0.1, 0.15) is 5.82 Å². The molecular formula is C13H19FN2OS. The fourth-order valence-electron chi connectivity index (χ4n) is 1.26. The Labute approximate surface area is 111 Å². The molecular weight excluding hydrogens is 251 g/mol. The van der Waals surface area contributed by atoms with E-state index in [1.165, 1.54) is 23.9 Å². The van der Waals surface area contributed by atoms with Gasteiger partial charge >= 0.3 is 0 Å². The lowest BCUT2D eigenvalue weighted by Crippen LogP contribution is -2.37. The Kier molecular flexibility index (Phi) is 5.47. The minimum Gasteiger partial charge on any atom is -0.398 e. The number of hydrogen-bond acceptors (Lipinski definition) is 3. The van der Waals surface area contributed by atoms with E-state index in [-0.39, 0.29) is 23.5 Å². The Bertz CT molecular complexity index is 423. The molecule has 5 heteroatoms. The van der Waals surface area contributed by atoms with E-state index in [0.29, 0.717) is 11.6 Å². The lowest BCUT2D eigenvalue weighted by Gasteiger charge is -2.17. The zero-order valence-electron chi connectivity index (χ0n) is 10.9. The molecule has 0 heterocycles. The highest BCUT2D eigenvalue weighted by Gasteiger charge is 2.11. The van der Waals surface area contributed by atoms with Crippen molar-refractivity contribution >= 4 is 23.4 Å². The van der Waals surface area contributed by atoms with Gasteiger partial charge < -0.3 is 11.1 Å². The van der Waals surface area contributed by atoms with Crippen LogP contribution in [0.2, 0.25) is 0 Å². The molecule has 1 unspecified atom stereocenters. The van der Waals surface area contributed by atoms with Crippen LogP contribution in [-0.4, -0.2) is 17.7 Å². The summed E-state index contributed by atoms with van der Waals surface area (Å²) in [7, 11) is 0. The third kappa shape index (κ3) is 4.56. The van der Waals surface area contributed by atoms with Gasteiger partial charge in [-0.1, -0.05) is 13.8 Å². The van der Waals surface area contributed by atoms with Gasteiger partial charge in [0.25, 0.3) is 0 Å². The van der Waals surface area contributed by atoms with Crippen molar-refractivity contribution in [2.24, 2.45) is 5.92 Å². The molecule has 0 saturated heterocycles. The van der Waals surface area contributed by atoms with Crippen LogP contribution in [0.5, 0.6) is 0 Å². The van der Waals surface area contributed by atoms with E-state index in [9.17, 15) is 9.18 Å². The van der Waals surface area contributed by atoms with Crippen LogP contribution in [0.1, 0.15) is 20.8 Å². The summed E-state index contributed by atoms with van der Waals surface area (Å²) in [4.78, 5) is 12.4. The molecule has 1 aromatic carbocycles. The first-order chi connectivity index (χ1) is 8.40. The van der Waals surface area contributed by atoms with Gasteiger partial charge in [0.05, 0.1) is 5.75 Å². The molecule has 3 N–H and O–H groups in total. The normalized spacial score (nSPS) is 12.5. The van der Waals surface area contributed by atoms with Crippen LogP contribution in [0, 0.1) is 11.7 Å². The summed E-state index contributed by atoms with van der Waals surface area (Å²) < 4.78 is 12.8. The summed E-state index contributed by atoms with van der Waals surface area (Å²) in [5.74, 6) is 0.280. The van der Waals surface area contributed by atoms with Crippen molar-refractivity contribution in [1.82, 2.24) is 5.32 Å². The van der Waals surface area contributed by atoms with E-state index in [4.69, 9.17) is 5.73 Å². The fourth-order valence-corrected chi connectivity index (χ4v) is 2.02. The van der Waals surface area contributed by atoms with Crippen LogP contribution >= 0.6 is 11.8 Å². The molecule has 1 amide bonds. The second-order valence-corrected chi connectivity index (χ2v) is 5.59. The summed E-state index contributed by atoms with van der Waals surface area (Å²) in [5.41, 5.74) is 6.03. The molecule has 0 spiro atoms. The van der Waals surface area contributed by atoms with Crippen molar-refractivity contribution in [3.05, 3.63) is 24.0 Å². The molecule has 1 aromatic rings. The highest BCUT2D eigenvalue weighted by Crippen LogP contribution is 2.25. The van der Waals surface area contributed by atoms with Gasteiger partial charge in [-0.2, -0.15) is 0 Å². The molecule has 0 saturated carbocycles. The first kappa shape index (κ1) is 14.8. The first-order valence-electron chi connectivity index (χ1n) is 5.87. The van der Waals surface area contributed by atoms with E-state index >= 15 is 0 Å². The highest BCUT2D eigenvalue weighted by atomic mass is 32.2. The number of rotatable bonds is 5. The summed E-state index contributed by atoms with van der Waals surface area (Å²) in [6.45, 7) is 6.07. The Morgan fingerprint density at radius 3 is 2.67 bits per heavy atom. The van der Waals surface area contributed by atoms with Gasteiger partial charge in [-0.3, -0.25) is 4.79 Å². The van der Waals surface area contributed by atoms with Crippen LogP contribution in [0.4, 0.5) is 10.1 Å². The average Bonchev–Trinajstić information content (AvgIpc) is 2.27. The predicted molar refractivity (Wildman–Crippen MR) is 74.0 cm³/mol. The molecule has 0 aromatic heterocycles. The lowest BCUT2D eigenvalue weighted by atomic mass is 10.1. The average molecular weight is 270 g/mol. The molecule has 0 aliphatic heterocycles. The van der Waals surface area contributed by atoms with Crippen LogP contribution in [0.3, 0.4) is 0 Å². The summed E-state index contributed by atoms with van der Waals surface area (Å²) in [6, 6.07) is 4.34. The fraction of sp³-hybridized carbons (Fsp3) is 0.462. The number of halogens is 1. The highest BCUT2D eigenvalue weighted by molar-refractivity contribution is 8.00.